The van der Waals surface area contributed by atoms with Crippen molar-refractivity contribution in [3.8, 4) is 11.3 Å². The fraction of sp³-hybridized carbons (Fsp3) is 0.167. The van der Waals surface area contributed by atoms with Gasteiger partial charge in [0, 0.05) is 43.0 Å². The topological polar surface area (TPSA) is 77.8 Å². The van der Waals surface area contributed by atoms with E-state index in [9.17, 15) is 9.59 Å². The van der Waals surface area contributed by atoms with Crippen molar-refractivity contribution in [1.29, 1.82) is 0 Å². The number of thiocarbonyl (C=S) groups is 1. The van der Waals surface area contributed by atoms with Gasteiger partial charge in [0.2, 0.25) is 0 Å². The van der Waals surface area contributed by atoms with Gasteiger partial charge in [-0.1, -0.05) is 53.0 Å². The maximum atomic E-state index is 13.0. The molecule has 1 saturated heterocycles. The number of anilines is 2. The van der Waals surface area contributed by atoms with Crippen LogP contribution in [0, 0.1) is 6.92 Å². The summed E-state index contributed by atoms with van der Waals surface area (Å²) in [6, 6.07) is 21.4. The van der Waals surface area contributed by atoms with Gasteiger partial charge in [-0.2, -0.15) is 0 Å². The predicted molar refractivity (Wildman–Crippen MR) is 169 cm³/mol. The quantitative estimate of drug-likeness (QED) is 0.226. The number of piperazine rings is 1. The van der Waals surface area contributed by atoms with Crippen LogP contribution in [0.3, 0.4) is 0 Å². The molecular weight excluding hydrogens is 603 g/mol. The maximum Gasteiger partial charge on any atom is 0.293 e. The van der Waals surface area contributed by atoms with Crippen LogP contribution in [0.4, 0.5) is 11.4 Å². The first-order valence-corrected chi connectivity index (χ1v) is 14.3. The van der Waals surface area contributed by atoms with Crippen molar-refractivity contribution in [2.45, 2.75) is 6.92 Å². The SMILES string of the molecule is Cc1ccccc1C(=O)N1CCN(c2ccc(NC(=S)NC(=O)c3ccc(-c4ccc(Cl)c(Cl)c4)o3)cc2Cl)CC1. The van der Waals surface area contributed by atoms with Crippen molar-refractivity contribution in [2.24, 2.45) is 0 Å². The minimum absolute atomic E-state index is 0.0455. The molecule has 3 aromatic carbocycles. The minimum atomic E-state index is -0.505. The van der Waals surface area contributed by atoms with Crippen LogP contribution >= 0.6 is 47.0 Å². The molecule has 41 heavy (non-hydrogen) atoms. The van der Waals surface area contributed by atoms with Crippen molar-refractivity contribution in [3.05, 3.63) is 105 Å². The number of halogens is 3. The van der Waals surface area contributed by atoms with Crippen LogP contribution < -0.4 is 15.5 Å². The fourth-order valence-corrected chi connectivity index (χ4v) is 5.37. The molecule has 0 bridgehead atoms. The van der Waals surface area contributed by atoms with E-state index in [1.54, 1.807) is 36.4 Å². The minimum Gasteiger partial charge on any atom is -0.451 e. The number of furan rings is 1. The third-order valence-corrected chi connectivity index (χ3v) is 8.00. The van der Waals surface area contributed by atoms with E-state index in [2.05, 4.69) is 15.5 Å². The number of carbonyl (C=O) groups excluding carboxylic acids is 2. The predicted octanol–water partition coefficient (Wildman–Crippen LogP) is 7.30. The molecule has 11 heteroatoms. The molecule has 5 rings (SSSR count). The summed E-state index contributed by atoms with van der Waals surface area (Å²) in [4.78, 5) is 29.7. The molecule has 2 heterocycles. The Morgan fingerprint density at radius 3 is 2.32 bits per heavy atom. The second kappa shape index (κ2) is 12.5. The van der Waals surface area contributed by atoms with Crippen molar-refractivity contribution >= 4 is 75.3 Å². The molecule has 0 aliphatic carbocycles. The lowest BCUT2D eigenvalue weighted by Crippen LogP contribution is -2.49. The summed E-state index contributed by atoms with van der Waals surface area (Å²) in [5, 5.41) is 7.03. The lowest BCUT2D eigenvalue weighted by Gasteiger charge is -2.36. The zero-order valence-corrected chi connectivity index (χ0v) is 25.0. The number of carbonyl (C=O) groups is 2. The Balaban J connectivity index is 1.15. The first-order chi connectivity index (χ1) is 19.7. The first kappa shape index (κ1) is 29.0. The molecule has 210 valence electrons. The number of aryl methyl sites for hydroxylation is 1. The molecule has 1 aromatic heterocycles. The number of benzene rings is 3. The number of hydrogen-bond acceptors (Lipinski definition) is 5. The van der Waals surface area contributed by atoms with Crippen molar-refractivity contribution in [2.75, 3.05) is 36.4 Å². The highest BCUT2D eigenvalue weighted by atomic mass is 35.5. The van der Waals surface area contributed by atoms with Crippen LogP contribution in [-0.4, -0.2) is 48.0 Å². The normalized spacial score (nSPS) is 13.2. The summed E-state index contributed by atoms with van der Waals surface area (Å²) in [6.45, 7) is 4.46. The van der Waals surface area contributed by atoms with E-state index in [1.165, 1.54) is 0 Å². The molecule has 1 aliphatic rings. The maximum absolute atomic E-state index is 13.0. The summed E-state index contributed by atoms with van der Waals surface area (Å²) >= 11 is 24.0. The molecular formula is C30H25Cl3N4O3S. The second-order valence-electron chi connectivity index (χ2n) is 9.46. The Hall–Kier alpha value is -3.56. The number of nitrogens with zero attached hydrogens (tertiary/aromatic N) is 2. The molecule has 0 spiro atoms. The van der Waals surface area contributed by atoms with Gasteiger partial charge in [0.05, 0.1) is 20.8 Å². The molecule has 2 amide bonds. The smallest absolute Gasteiger partial charge is 0.293 e. The zero-order valence-electron chi connectivity index (χ0n) is 21.9. The molecule has 0 saturated carbocycles. The third kappa shape index (κ3) is 6.68. The van der Waals surface area contributed by atoms with E-state index >= 15 is 0 Å². The van der Waals surface area contributed by atoms with Crippen LogP contribution in [0.5, 0.6) is 0 Å². The van der Waals surface area contributed by atoms with Gasteiger partial charge in [-0.15, -0.1) is 0 Å². The Morgan fingerprint density at radius 1 is 0.854 bits per heavy atom. The summed E-state index contributed by atoms with van der Waals surface area (Å²) in [5.41, 5.74) is 3.87. The number of nitrogens with one attached hydrogen (secondary N) is 2. The van der Waals surface area contributed by atoms with E-state index in [0.29, 0.717) is 58.3 Å². The van der Waals surface area contributed by atoms with Gasteiger partial charge in [-0.3, -0.25) is 14.9 Å². The lowest BCUT2D eigenvalue weighted by atomic mass is 10.1. The molecule has 1 aliphatic heterocycles. The highest BCUT2D eigenvalue weighted by Gasteiger charge is 2.24. The van der Waals surface area contributed by atoms with Crippen LogP contribution in [0.1, 0.15) is 26.5 Å². The Bertz CT molecular complexity index is 1630. The molecule has 2 N–H and O–H groups in total. The van der Waals surface area contributed by atoms with Gasteiger partial charge < -0.3 is 19.5 Å². The summed E-state index contributed by atoms with van der Waals surface area (Å²) in [5.74, 6) is 0.0951. The van der Waals surface area contributed by atoms with E-state index in [1.807, 2.05) is 48.2 Å². The molecule has 0 unspecified atom stereocenters. The van der Waals surface area contributed by atoms with E-state index in [0.717, 1.165) is 16.8 Å². The molecule has 7 nitrogen and oxygen atoms in total. The van der Waals surface area contributed by atoms with Gasteiger partial charge in [-0.05, 0) is 79.3 Å². The van der Waals surface area contributed by atoms with Crippen LogP contribution in [0.25, 0.3) is 11.3 Å². The van der Waals surface area contributed by atoms with Gasteiger partial charge >= 0.3 is 0 Å². The van der Waals surface area contributed by atoms with Crippen molar-refractivity contribution in [3.63, 3.8) is 0 Å². The fourth-order valence-electron chi connectivity index (χ4n) is 4.57. The highest BCUT2D eigenvalue weighted by molar-refractivity contribution is 7.80. The van der Waals surface area contributed by atoms with Crippen LogP contribution in [-0.2, 0) is 0 Å². The van der Waals surface area contributed by atoms with Crippen LogP contribution in [0.15, 0.2) is 77.2 Å². The summed E-state index contributed by atoms with van der Waals surface area (Å²) < 4.78 is 5.68. The van der Waals surface area contributed by atoms with E-state index < -0.39 is 5.91 Å². The van der Waals surface area contributed by atoms with Crippen LogP contribution in [0.2, 0.25) is 15.1 Å². The number of amides is 2. The standard InChI is InChI=1S/C30H25Cl3N4O3S/c1-18-4-2-3-5-21(18)29(39)37-14-12-36(13-15-37)25-9-7-20(17-24(25)33)34-30(41)35-28(38)27-11-10-26(40-27)19-6-8-22(31)23(32)16-19/h2-11,16-17H,12-15H2,1H3,(H2,34,35,38,41). The first-order valence-electron chi connectivity index (χ1n) is 12.8. The lowest BCUT2D eigenvalue weighted by molar-refractivity contribution is 0.0746. The number of rotatable bonds is 5. The van der Waals surface area contributed by atoms with Gasteiger partial charge in [0.15, 0.2) is 10.9 Å². The average Bonchev–Trinajstić information content (AvgIpc) is 3.45. The Kier molecular flexibility index (Phi) is 8.85. The molecule has 4 aromatic rings. The largest absolute Gasteiger partial charge is 0.451 e. The van der Waals surface area contributed by atoms with E-state index in [-0.39, 0.29) is 16.8 Å². The summed E-state index contributed by atoms with van der Waals surface area (Å²) in [6.07, 6.45) is 0. The van der Waals surface area contributed by atoms with Crippen molar-refractivity contribution in [1.82, 2.24) is 10.2 Å². The third-order valence-electron chi connectivity index (χ3n) is 6.75. The highest BCUT2D eigenvalue weighted by Crippen LogP contribution is 2.31. The average molecular weight is 628 g/mol. The molecule has 0 atom stereocenters. The van der Waals surface area contributed by atoms with Crippen molar-refractivity contribution < 1.29 is 14.0 Å². The monoisotopic (exact) mass is 626 g/mol. The molecule has 1 fully saturated rings. The van der Waals surface area contributed by atoms with E-state index in [4.69, 9.17) is 51.4 Å². The van der Waals surface area contributed by atoms with Gasteiger partial charge in [-0.25, -0.2) is 0 Å². The zero-order chi connectivity index (χ0) is 29.1. The van der Waals surface area contributed by atoms with Gasteiger partial charge in [0.25, 0.3) is 11.8 Å². The Labute approximate surface area is 258 Å². The number of hydrogen-bond donors (Lipinski definition) is 2. The summed E-state index contributed by atoms with van der Waals surface area (Å²) in [7, 11) is 0. The Morgan fingerprint density at radius 2 is 1.61 bits per heavy atom. The second-order valence-corrected chi connectivity index (χ2v) is 11.1. The van der Waals surface area contributed by atoms with Gasteiger partial charge in [0.1, 0.15) is 5.76 Å². The molecule has 0 radical (unpaired) electrons.